The predicted molar refractivity (Wildman–Crippen MR) is 100 cm³/mol. The van der Waals surface area contributed by atoms with Crippen molar-refractivity contribution in [2.45, 2.75) is 6.42 Å². The molecule has 26 heavy (non-hydrogen) atoms. The van der Waals surface area contributed by atoms with E-state index < -0.39 is 0 Å². The normalized spacial score (nSPS) is 14.5. The molecule has 0 aliphatic carbocycles. The Morgan fingerprint density at radius 1 is 0.885 bits per heavy atom. The van der Waals surface area contributed by atoms with Crippen LogP contribution in [0.1, 0.15) is 11.4 Å². The van der Waals surface area contributed by atoms with E-state index in [0.717, 1.165) is 18.7 Å². The van der Waals surface area contributed by atoms with Crippen LogP contribution in [-0.4, -0.2) is 51.9 Å². The lowest BCUT2D eigenvalue weighted by Gasteiger charge is -2.35. The van der Waals surface area contributed by atoms with Gasteiger partial charge >= 0.3 is 6.03 Å². The van der Waals surface area contributed by atoms with Crippen LogP contribution in [0.3, 0.4) is 0 Å². The van der Waals surface area contributed by atoms with Gasteiger partial charge in [0.05, 0.1) is 0 Å². The van der Waals surface area contributed by atoms with Gasteiger partial charge in [-0.05, 0) is 17.7 Å². The number of anilines is 1. The molecule has 0 radical (unpaired) electrons. The highest BCUT2D eigenvalue weighted by atomic mass is 16.2. The van der Waals surface area contributed by atoms with Crippen molar-refractivity contribution in [3.8, 4) is 0 Å². The molecule has 1 aromatic heterocycles. The van der Waals surface area contributed by atoms with Gasteiger partial charge in [0.15, 0.2) is 5.82 Å². The lowest BCUT2D eigenvalue weighted by atomic mass is 10.1. The minimum Gasteiger partial charge on any atom is -0.368 e. The summed E-state index contributed by atoms with van der Waals surface area (Å²) in [5.74, 6) is 0.660. The summed E-state index contributed by atoms with van der Waals surface area (Å²) >= 11 is 0. The predicted octanol–water partition coefficient (Wildman–Crippen LogP) is 2.66. The SMILES string of the molecule is O=C(N1CCN(c2ccccc2)CC1)n1cnc(Cc2ccccc2)n1. The topological polar surface area (TPSA) is 54.3 Å². The number of rotatable bonds is 3. The molecule has 0 N–H and O–H groups in total. The summed E-state index contributed by atoms with van der Waals surface area (Å²) in [7, 11) is 0. The average Bonchev–Trinajstić information content (AvgIpc) is 3.17. The quantitative estimate of drug-likeness (QED) is 0.731. The highest BCUT2D eigenvalue weighted by Crippen LogP contribution is 2.16. The van der Waals surface area contributed by atoms with Gasteiger partial charge in [-0.1, -0.05) is 48.5 Å². The van der Waals surface area contributed by atoms with E-state index in [2.05, 4.69) is 27.1 Å². The van der Waals surface area contributed by atoms with Crippen molar-refractivity contribution < 1.29 is 4.79 Å². The second kappa shape index (κ2) is 7.39. The molecule has 0 atom stereocenters. The van der Waals surface area contributed by atoms with E-state index in [9.17, 15) is 4.79 Å². The molecule has 132 valence electrons. The Labute approximate surface area is 152 Å². The number of carbonyl (C=O) groups excluding carboxylic acids is 1. The number of hydrogen-bond donors (Lipinski definition) is 0. The van der Waals surface area contributed by atoms with Gasteiger partial charge in [0.25, 0.3) is 0 Å². The number of piperazine rings is 1. The average molecular weight is 347 g/mol. The van der Waals surface area contributed by atoms with Gasteiger partial charge in [-0.15, -0.1) is 5.10 Å². The first-order chi connectivity index (χ1) is 12.8. The Hall–Kier alpha value is -3.15. The van der Waals surface area contributed by atoms with Gasteiger partial charge in [0, 0.05) is 38.3 Å². The van der Waals surface area contributed by atoms with Crippen molar-refractivity contribution in [3.05, 3.63) is 78.4 Å². The van der Waals surface area contributed by atoms with Crippen molar-refractivity contribution in [2.75, 3.05) is 31.1 Å². The molecule has 6 heteroatoms. The molecular weight excluding hydrogens is 326 g/mol. The Balaban J connectivity index is 1.37. The smallest absolute Gasteiger partial charge is 0.346 e. The number of benzene rings is 2. The van der Waals surface area contributed by atoms with Gasteiger partial charge in [0.2, 0.25) is 0 Å². The van der Waals surface area contributed by atoms with Gasteiger partial charge < -0.3 is 9.80 Å². The van der Waals surface area contributed by atoms with Crippen molar-refractivity contribution in [1.29, 1.82) is 0 Å². The first-order valence-electron chi connectivity index (χ1n) is 8.83. The van der Waals surface area contributed by atoms with Crippen LogP contribution >= 0.6 is 0 Å². The van der Waals surface area contributed by atoms with Gasteiger partial charge in [-0.2, -0.15) is 4.68 Å². The fourth-order valence-corrected chi connectivity index (χ4v) is 3.19. The van der Waals surface area contributed by atoms with Gasteiger partial charge in [0.1, 0.15) is 6.33 Å². The van der Waals surface area contributed by atoms with Crippen molar-refractivity contribution in [3.63, 3.8) is 0 Å². The molecule has 0 bridgehead atoms. The fraction of sp³-hybridized carbons (Fsp3) is 0.250. The number of amides is 1. The summed E-state index contributed by atoms with van der Waals surface area (Å²) < 4.78 is 1.36. The molecule has 4 rings (SSSR count). The summed E-state index contributed by atoms with van der Waals surface area (Å²) in [6, 6.07) is 20.2. The van der Waals surface area contributed by atoms with Crippen LogP contribution in [0.2, 0.25) is 0 Å². The third-order valence-electron chi connectivity index (χ3n) is 4.61. The van der Waals surface area contributed by atoms with E-state index >= 15 is 0 Å². The van der Waals surface area contributed by atoms with E-state index in [1.165, 1.54) is 16.7 Å². The monoisotopic (exact) mass is 347 g/mol. The van der Waals surface area contributed by atoms with E-state index in [-0.39, 0.29) is 6.03 Å². The maximum absolute atomic E-state index is 12.7. The van der Waals surface area contributed by atoms with Crippen LogP contribution in [0.5, 0.6) is 0 Å². The van der Waals surface area contributed by atoms with Gasteiger partial charge in [-0.3, -0.25) is 0 Å². The molecule has 1 saturated heterocycles. The summed E-state index contributed by atoms with van der Waals surface area (Å²) in [5.41, 5.74) is 2.33. The van der Waals surface area contributed by atoms with E-state index in [1.54, 1.807) is 0 Å². The zero-order valence-electron chi connectivity index (χ0n) is 14.5. The third-order valence-corrected chi connectivity index (χ3v) is 4.61. The molecule has 2 aromatic carbocycles. The second-order valence-electron chi connectivity index (χ2n) is 6.36. The standard InChI is InChI=1S/C20H21N5O/c26-20(24-13-11-23(12-14-24)18-9-5-2-6-10-18)25-16-21-19(22-25)15-17-7-3-1-4-8-17/h1-10,16H,11-15H2. The summed E-state index contributed by atoms with van der Waals surface area (Å²) in [5, 5.41) is 4.36. The number of para-hydroxylation sites is 1. The summed E-state index contributed by atoms with van der Waals surface area (Å²) in [4.78, 5) is 21.1. The summed E-state index contributed by atoms with van der Waals surface area (Å²) in [6.45, 7) is 3.01. The van der Waals surface area contributed by atoms with Crippen LogP contribution in [0.25, 0.3) is 0 Å². The Morgan fingerprint density at radius 2 is 1.54 bits per heavy atom. The van der Waals surface area contributed by atoms with Crippen molar-refractivity contribution in [1.82, 2.24) is 19.7 Å². The molecule has 1 aliphatic heterocycles. The minimum atomic E-state index is -0.107. The molecule has 1 fully saturated rings. The zero-order chi connectivity index (χ0) is 17.8. The maximum atomic E-state index is 12.7. The number of hydrogen-bond acceptors (Lipinski definition) is 4. The fourth-order valence-electron chi connectivity index (χ4n) is 3.19. The molecule has 6 nitrogen and oxygen atoms in total. The zero-order valence-corrected chi connectivity index (χ0v) is 14.5. The van der Waals surface area contributed by atoms with Crippen LogP contribution < -0.4 is 4.90 Å². The van der Waals surface area contributed by atoms with Crippen LogP contribution in [0.4, 0.5) is 10.5 Å². The molecular formula is C20H21N5O. The Bertz CT molecular complexity index is 854. The van der Waals surface area contributed by atoms with Crippen LogP contribution in [-0.2, 0) is 6.42 Å². The first kappa shape index (κ1) is 16.3. The largest absolute Gasteiger partial charge is 0.368 e. The van der Waals surface area contributed by atoms with Crippen molar-refractivity contribution in [2.24, 2.45) is 0 Å². The molecule has 0 saturated carbocycles. The molecule has 0 spiro atoms. The highest BCUT2D eigenvalue weighted by molar-refractivity contribution is 5.76. The van der Waals surface area contributed by atoms with Crippen LogP contribution in [0, 0.1) is 0 Å². The second-order valence-corrected chi connectivity index (χ2v) is 6.36. The molecule has 3 aromatic rings. The summed E-state index contributed by atoms with van der Waals surface area (Å²) in [6.07, 6.45) is 2.15. The molecule has 1 amide bonds. The lowest BCUT2D eigenvalue weighted by molar-refractivity contribution is 0.192. The number of aromatic nitrogens is 3. The third kappa shape index (κ3) is 3.59. The van der Waals surface area contributed by atoms with E-state index in [1.807, 2.05) is 53.4 Å². The molecule has 0 unspecified atom stereocenters. The van der Waals surface area contributed by atoms with Crippen molar-refractivity contribution >= 4 is 11.7 Å². The first-order valence-corrected chi connectivity index (χ1v) is 8.83. The molecule has 1 aliphatic rings. The van der Waals surface area contributed by atoms with E-state index in [0.29, 0.717) is 25.3 Å². The van der Waals surface area contributed by atoms with Crippen LogP contribution in [0.15, 0.2) is 67.0 Å². The van der Waals surface area contributed by atoms with E-state index in [4.69, 9.17) is 0 Å². The van der Waals surface area contributed by atoms with Gasteiger partial charge in [-0.25, -0.2) is 9.78 Å². The highest BCUT2D eigenvalue weighted by Gasteiger charge is 2.23. The Morgan fingerprint density at radius 3 is 2.23 bits per heavy atom. The lowest BCUT2D eigenvalue weighted by Crippen LogP contribution is -2.50. The molecule has 2 heterocycles. The Kier molecular flexibility index (Phi) is 4.64. The maximum Gasteiger partial charge on any atom is 0.346 e. The number of nitrogens with zero attached hydrogens (tertiary/aromatic N) is 5. The number of carbonyl (C=O) groups is 1. The minimum absolute atomic E-state index is 0.107.